The van der Waals surface area contributed by atoms with Crippen LogP contribution in [0.4, 0.5) is 11.4 Å². The second kappa shape index (κ2) is 8.86. The number of ether oxygens (including phenoxy) is 1. The zero-order chi connectivity index (χ0) is 23.7. The van der Waals surface area contributed by atoms with Crippen LogP contribution < -0.4 is 15.0 Å². The smallest absolute Gasteiger partial charge is 0.262 e. The molecule has 0 fully saturated rings. The Kier molecular flexibility index (Phi) is 5.59. The van der Waals surface area contributed by atoms with Crippen LogP contribution >= 0.6 is 0 Å². The third-order valence-electron chi connectivity index (χ3n) is 6.01. The molecule has 1 N–H and O–H groups in total. The Morgan fingerprint density at radius 1 is 1.03 bits per heavy atom. The predicted octanol–water partition coefficient (Wildman–Crippen LogP) is 5.11. The van der Waals surface area contributed by atoms with E-state index in [4.69, 9.17) is 9.26 Å². The number of amides is 2. The highest BCUT2D eigenvalue weighted by molar-refractivity contribution is 6.11. The van der Waals surface area contributed by atoms with Crippen molar-refractivity contribution in [2.45, 2.75) is 13.3 Å². The highest BCUT2D eigenvalue weighted by Gasteiger charge is 2.28. The Morgan fingerprint density at radius 3 is 2.65 bits per heavy atom. The lowest BCUT2D eigenvalue weighted by Crippen LogP contribution is -2.32. The summed E-state index contributed by atoms with van der Waals surface area (Å²) in [4.78, 5) is 28.1. The van der Waals surface area contributed by atoms with Gasteiger partial charge in [0.15, 0.2) is 5.76 Å². The topological polar surface area (TPSA) is 84.7 Å². The Hall–Kier alpha value is -4.39. The fourth-order valence-electron chi connectivity index (χ4n) is 4.24. The lowest BCUT2D eigenvalue weighted by atomic mass is 10.1. The monoisotopic (exact) mass is 453 g/mol. The summed E-state index contributed by atoms with van der Waals surface area (Å²) >= 11 is 0. The second-order valence-corrected chi connectivity index (χ2v) is 8.09. The number of carbonyl (C=O) groups is 2. The van der Waals surface area contributed by atoms with Crippen molar-refractivity contribution < 1.29 is 18.8 Å². The molecule has 0 radical (unpaired) electrons. The van der Waals surface area contributed by atoms with Crippen LogP contribution in [0.3, 0.4) is 0 Å². The number of methoxy groups -OCH3 is 1. The molecular weight excluding hydrogens is 430 g/mol. The van der Waals surface area contributed by atoms with E-state index in [1.807, 2.05) is 49.4 Å². The first-order chi connectivity index (χ1) is 16.6. The maximum atomic E-state index is 13.7. The van der Waals surface area contributed by atoms with Gasteiger partial charge in [0.25, 0.3) is 11.8 Å². The molecule has 0 atom stereocenters. The summed E-state index contributed by atoms with van der Waals surface area (Å²) < 4.78 is 11.0. The molecule has 5 rings (SSSR count). The maximum absolute atomic E-state index is 13.7. The van der Waals surface area contributed by atoms with Crippen LogP contribution in [0.5, 0.6) is 5.75 Å². The fourth-order valence-corrected chi connectivity index (χ4v) is 4.24. The van der Waals surface area contributed by atoms with Crippen LogP contribution in [0.1, 0.15) is 31.8 Å². The first-order valence-electron chi connectivity index (χ1n) is 11.0. The quantitative estimate of drug-likeness (QED) is 0.464. The van der Waals surface area contributed by atoms with E-state index in [0.29, 0.717) is 41.3 Å². The van der Waals surface area contributed by atoms with Gasteiger partial charge in [-0.25, -0.2) is 0 Å². The van der Waals surface area contributed by atoms with Crippen LogP contribution in [0, 0.1) is 6.92 Å². The largest absolute Gasteiger partial charge is 0.496 e. The number of fused-ring (bicyclic) bond motifs is 3. The number of nitrogens with zero attached hydrogens (tertiary/aromatic N) is 2. The van der Waals surface area contributed by atoms with Crippen LogP contribution in [0.2, 0.25) is 0 Å². The van der Waals surface area contributed by atoms with E-state index in [9.17, 15) is 9.59 Å². The number of carbonyl (C=O) groups excluding carboxylic acids is 2. The van der Waals surface area contributed by atoms with Gasteiger partial charge in [0.05, 0.1) is 24.6 Å². The lowest BCUT2D eigenvalue weighted by molar-refractivity contribution is 0.0983. The number of anilines is 2. The molecule has 2 heterocycles. The normalized spacial score (nSPS) is 12.4. The lowest BCUT2D eigenvalue weighted by Gasteiger charge is -2.24. The van der Waals surface area contributed by atoms with Gasteiger partial charge in [-0.15, -0.1) is 0 Å². The summed E-state index contributed by atoms with van der Waals surface area (Å²) in [6.45, 7) is 2.36. The number of benzene rings is 3. The average molecular weight is 453 g/mol. The maximum Gasteiger partial charge on any atom is 0.262 e. The number of aryl methyl sites for hydroxylation is 1. The van der Waals surface area contributed by atoms with Gasteiger partial charge in [-0.05, 0) is 49.2 Å². The highest BCUT2D eigenvalue weighted by atomic mass is 16.5. The van der Waals surface area contributed by atoms with Gasteiger partial charge in [0.1, 0.15) is 5.75 Å². The van der Waals surface area contributed by atoms with Gasteiger partial charge in [0, 0.05) is 35.0 Å². The van der Waals surface area contributed by atoms with Gasteiger partial charge in [0.2, 0.25) is 0 Å². The molecule has 7 heteroatoms. The number of aromatic nitrogens is 1. The Labute approximate surface area is 196 Å². The zero-order valence-corrected chi connectivity index (χ0v) is 18.9. The first kappa shape index (κ1) is 21.5. The molecule has 0 bridgehead atoms. The molecule has 170 valence electrons. The van der Waals surface area contributed by atoms with Gasteiger partial charge >= 0.3 is 0 Å². The third-order valence-corrected chi connectivity index (χ3v) is 6.01. The van der Waals surface area contributed by atoms with Gasteiger partial charge in [-0.2, -0.15) is 0 Å². The van der Waals surface area contributed by atoms with Crippen LogP contribution in [0.15, 0.2) is 77.4 Å². The molecule has 0 spiro atoms. The van der Waals surface area contributed by atoms with Crippen molar-refractivity contribution in [1.29, 1.82) is 0 Å². The molecule has 0 saturated heterocycles. The number of para-hydroxylation sites is 1. The summed E-state index contributed by atoms with van der Waals surface area (Å²) in [7, 11) is 1.51. The predicted molar refractivity (Wildman–Crippen MR) is 129 cm³/mol. The molecule has 7 nitrogen and oxygen atoms in total. The number of hydrogen-bond donors (Lipinski definition) is 1. The number of rotatable bonds is 4. The Bertz CT molecular complexity index is 1390. The van der Waals surface area contributed by atoms with Crippen molar-refractivity contribution in [1.82, 2.24) is 5.16 Å². The van der Waals surface area contributed by atoms with Crippen molar-refractivity contribution in [3.63, 3.8) is 0 Å². The van der Waals surface area contributed by atoms with Gasteiger partial charge in [-0.3, -0.25) is 9.59 Å². The molecule has 3 aromatic carbocycles. The Morgan fingerprint density at radius 2 is 1.82 bits per heavy atom. The second-order valence-electron chi connectivity index (χ2n) is 8.09. The van der Waals surface area contributed by atoms with Crippen LogP contribution in [0.25, 0.3) is 11.3 Å². The van der Waals surface area contributed by atoms with Crippen molar-refractivity contribution in [2.24, 2.45) is 0 Å². The first-order valence-corrected chi connectivity index (χ1v) is 11.0. The number of nitrogens with one attached hydrogen (secondary N) is 1. The van der Waals surface area contributed by atoms with E-state index in [1.54, 1.807) is 35.4 Å². The van der Waals surface area contributed by atoms with E-state index < -0.39 is 0 Å². The molecule has 0 unspecified atom stereocenters. The van der Waals surface area contributed by atoms with Crippen molar-refractivity contribution >= 4 is 23.2 Å². The fraction of sp³-hybridized carbons (Fsp3) is 0.148. The molecule has 1 aromatic heterocycles. The summed E-state index contributed by atoms with van der Waals surface area (Å²) in [6.07, 6.45) is 2.32. The molecule has 34 heavy (non-hydrogen) atoms. The Balaban J connectivity index is 1.45. The SMILES string of the molecule is COc1cc(NC(=O)c2ccccc2C)ccc1C(=O)N1CCc2cnoc2-c2ccccc21. The zero-order valence-electron chi connectivity index (χ0n) is 18.9. The van der Waals surface area contributed by atoms with E-state index in [-0.39, 0.29) is 11.8 Å². The van der Waals surface area contributed by atoms with E-state index >= 15 is 0 Å². The van der Waals surface area contributed by atoms with E-state index in [0.717, 1.165) is 22.4 Å². The van der Waals surface area contributed by atoms with Gasteiger partial charge < -0.3 is 19.5 Å². The summed E-state index contributed by atoms with van der Waals surface area (Å²) in [5.41, 5.74) is 4.96. The minimum absolute atomic E-state index is 0.195. The number of hydrogen-bond acceptors (Lipinski definition) is 5. The molecule has 0 aliphatic carbocycles. The third kappa shape index (κ3) is 3.81. The molecule has 0 saturated carbocycles. The molecular formula is C27H23N3O4. The molecule has 4 aromatic rings. The van der Waals surface area contributed by atoms with Crippen molar-refractivity contribution in [3.05, 3.63) is 95.2 Å². The standard InChI is InChI=1S/C27H23N3O4/c1-17-7-3-4-8-20(17)26(31)29-19-11-12-22(24(15-19)33-2)27(32)30-14-13-18-16-28-34-25(18)21-9-5-6-10-23(21)30/h3-12,15-16H,13-14H2,1-2H3,(H,29,31). The minimum atomic E-state index is -0.220. The molecule has 2 amide bonds. The van der Waals surface area contributed by atoms with Gasteiger partial charge in [-0.1, -0.05) is 35.5 Å². The van der Waals surface area contributed by atoms with E-state index in [1.165, 1.54) is 7.11 Å². The van der Waals surface area contributed by atoms with Crippen LogP contribution in [-0.4, -0.2) is 30.6 Å². The summed E-state index contributed by atoms with van der Waals surface area (Å²) in [5, 5.41) is 6.82. The van der Waals surface area contributed by atoms with Crippen molar-refractivity contribution in [3.8, 4) is 17.1 Å². The summed E-state index contributed by atoms with van der Waals surface area (Å²) in [6, 6.07) is 20.1. The minimum Gasteiger partial charge on any atom is -0.496 e. The molecule has 1 aliphatic rings. The molecule has 1 aliphatic heterocycles. The highest BCUT2D eigenvalue weighted by Crippen LogP contribution is 2.37. The summed E-state index contributed by atoms with van der Waals surface area (Å²) in [5.74, 6) is 0.655. The van der Waals surface area contributed by atoms with Crippen LogP contribution in [-0.2, 0) is 6.42 Å². The average Bonchev–Trinajstić information content (AvgIpc) is 3.27. The van der Waals surface area contributed by atoms with E-state index in [2.05, 4.69) is 10.5 Å². The van der Waals surface area contributed by atoms with Crippen molar-refractivity contribution in [2.75, 3.05) is 23.9 Å².